The summed E-state index contributed by atoms with van der Waals surface area (Å²) in [6.45, 7) is 14.2. The Labute approximate surface area is 303 Å². The van der Waals surface area contributed by atoms with Gasteiger partial charge in [-0.05, 0) is 98.9 Å². The molecule has 2 aromatic carbocycles. The summed E-state index contributed by atoms with van der Waals surface area (Å²) in [6, 6.07) is 11.6. The molecule has 0 aromatic heterocycles. The molecule has 278 valence electrons. The molecule has 4 fully saturated rings. The quantitative estimate of drug-likeness (QED) is 0.163. The van der Waals surface area contributed by atoms with E-state index in [1.807, 2.05) is 37.6 Å². The Balaban J connectivity index is 1.30. The average Bonchev–Trinajstić information content (AvgIpc) is 3.43. The summed E-state index contributed by atoms with van der Waals surface area (Å²) >= 11 is 0. The van der Waals surface area contributed by atoms with Crippen molar-refractivity contribution in [3.8, 4) is 0 Å². The first-order valence-corrected chi connectivity index (χ1v) is 19.7. The van der Waals surface area contributed by atoms with Gasteiger partial charge in [0.2, 0.25) is 5.91 Å². The van der Waals surface area contributed by atoms with Crippen LogP contribution < -0.4 is 25.4 Å². The highest BCUT2D eigenvalue weighted by Crippen LogP contribution is 2.65. The zero-order valence-corrected chi connectivity index (χ0v) is 31.7. The zero-order valence-electron chi connectivity index (χ0n) is 30.9. The van der Waals surface area contributed by atoms with Crippen LogP contribution in [-0.4, -0.2) is 63.6 Å². The Morgan fingerprint density at radius 2 is 1.67 bits per heavy atom. The number of unbranched alkanes of at least 4 members (excludes halogenated alkanes) is 1. The van der Waals surface area contributed by atoms with Gasteiger partial charge in [0.05, 0.1) is 17.6 Å². The van der Waals surface area contributed by atoms with Gasteiger partial charge in [-0.25, -0.2) is 9.52 Å². The maximum Gasteiger partial charge on any atom is 0.481 e. The molecule has 0 radical (unpaired) electrons. The van der Waals surface area contributed by atoms with Gasteiger partial charge in [-0.15, -0.1) is 0 Å². The molecule has 4 amide bonds. The molecule has 5 N–H and O–H groups in total. The molecular formula is C37H54BN5O7S. The summed E-state index contributed by atoms with van der Waals surface area (Å²) in [4.78, 5) is 40.0. The highest BCUT2D eigenvalue weighted by molar-refractivity contribution is 7.88. The van der Waals surface area contributed by atoms with Crippen LogP contribution in [0.3, 0.4) is 0 Å². The molecular weight excluding hydrogens is 669 g/mol. The molecule has 3 aliphatic carbocycles. The third-order valence-electron chi connectivity index (χ3n) is 11.0. The Bertz CT molecular complexity index is 1670. The summed E-state index contributed by atoms with van der Waals surface area (Å²) < 4.78 is 43.3. The summed E-state index contributed by atoms with van der Waals surface area (Å²) in [6.07, 6.45) is 5.37. The lowest BCUT2D eigenvalue weighted by molar-refractivity contribution is -0.199. The molecule has 2 aromatic rings. The van der Waals surface area contributed by atoms with Gasteiger partial charge in [-0.2, -0.15) is 13.1 Å². The largest absolute Gasteiger partial charge is 0.481 e. The van der Waals surface area contributed by atoms with Crippen LogP contribution in [0.15, 0.2) is 48.5 Å². The lowest BCUT2D eigenvalue weighted by Gasteiger charge is -2.64. The minimum absolute atomic E-state index is 0.0921. The minimum atomic E-state index is -4.44. The van der Waals surface area contributed by atoms with Gasteiger partial charge in [0.1, 0.15) is 6.04 Å². The number of amides is 4. The first-order valence-electron chi connectivity index (χ1n) is 18.2. The predicted octanol–water partition coefficient (Wildman–Crippen LogP) is 4.89. The highest BCUT2D eigenvalue weighted by atomic mass is 32.2. The second-order valence-electron chi connectivity index (χ2n) is 15.7. The van der Waals surface area contributed by atoms with Crippen LogP contribution in [0.25, 0.3) is 0 Å². The SMILES string of the molecule is CCCCc1ccc(C(=O)N[C@@H](CNS(=O)(=O)NC(=O)Nc2ccc(C)cc2)C(=O)N[C@@H](CC(C)C)B2O[C@@H]3C[C@@H]4C[C@@H](C4(C)C)[C@]3(C)O2)cc1. The summed E-state index contributed by atoms with van der Waals surface area (Å²) in [7, 11) is -5.15. The van der Waals surface area contributed by atoms with E-state index in [2.05, 4.69) is 48.4 Å². The monoisotopic (exact) mass is 723 g/mol. The van der Waals surface area contributed by atoms with E-state index in [4.69, 9.17) is 9.31 Å². The number of urea groups is 1. The third kappa shape index (κ3) is 9.14. The lowest BCUT2D eigenvalue weighted by Crippen LogP contribution is -2.65. The second-order valence-corrected chi connectivity index (χ2v) is 17.2. The number of rotatable bonds is 15. The normalized spacial score (nSPS) is 24.5. The molecule has 14 heteroatoms. The summed E-state index contributed by atoms with van der Waals surface area (Å²) in [5.74, 6) is -0.667. The Kier molecular flexibility index (Phi) is 11.9. The zero-order chi connectivity index (χ0) is 37.1. The van der Waals surface area contributed by atoms with Gasteiger partial charge < -0.3 is 25.3 Å². The standard InChI is InChI=1S/C37H54BN5O7S/c1-8-9-10-25-13-15-26(16-14-25)33(44)41-29(22-39-51(47,48)43-35(46)40-28-17-11-24(4)12-18-28)34(45)42-32(19-23(2)3)38-49-31-21-27-20-30(36(27,5)6)37(31,7)50-38/h11-18,23,27,29-32,39H,8-10,19-22H2,1-7H3,(H,41,44)(H,42,45)(H2,40,43,46)/t27-,29-,30-,31+,32-,37-/m0/s1. The van der Waals surface area contributed by atoms with Gasteiger partial charge >= 0.3 is 23.4 Å². The first-order chi connectivity index (χ1) is 24.0. The van der Waals surface area contributed by atoms with E-state index < -0.39 is 59.3 Å². The molecule has 0 unspecified atom stereocenters. The van der Waals surface area contributed by atoms with E-state index >= 15 is 0 Å². The van der Waals surface area contributed by atoms with E-state index in [1.165, 1.54) is 0 Å². The van der Waals surface area contributed by atoms with E-state index in [1.54, 1.807) is 36.4 Å². The topological polar surface area (TPSA) is 164 Å². The van der Waals surface area contributed by atoms with Crippen molar-refractivity contribution in [2.75, 3.05) is 11.9 Å². The van der Waals surface area contributed by atoms with Crippen LogP contribution >= 0.6 is 0 Å². The number of hydrogen-bond acceptors (Lipinski definition) is 7. The number of benzene rings is 2. The van der Waals surface area contributed by atoms with Crippen LogP contribution in [0.5, 0.6) is 0 Å². The fraction of sp³-hybridized carbons (Fsp3) is 0.595. The number of aryl methyl sites for hydroxylation is 2. The van der Waals surface area contributed by atoms with Crippen molar-refractivity contribution in [2.45, 2.75) is 111 Å². The second kappa shape index (κ2) is 15.7. The van der Waals surface area contributed by atoms with Gasteiger partial charge in [-0.3, -0.25) is 9.59 Å². The van der Waals surface area contributed by atoms with Gasteiger partial charge in [0.15, 0.2) is 0 Å². The van der Waals surface area contributed by atoms with Crippen LogP contribution in [0, 0.1) is 30.1 Å². The molecule has 51 heavy (non-hydrogen) atoms. The van der Waals surface area contributed by atoms with E-state index in [9.17, 15) is 22.8 Å². The minimum Gasteiger partial charge on any atom is -0.404 e. The molecule has 6 atom stereocenters. The molecule has 3 saturated carbocycles. The van der Waals surface area contributed by atoms with Crippen molar-refractivity contribution in [1.29, 1.82) is 0 Å². The Hall–Kier alpha value is -3.46. The van der Waals surface area contributed by atoms with Crippen molar-refractivity contribution in [3.05, 3.63) is 65.2 Å². The molecule has 4 aliphatic rings. The molecule has 2 bridgehead atoms. The van der Waals surface area contributed by atoms with E-state index in [-0.39, 0.29) is 17.4 Å². The van der Waals surface area contributed by atoms with Crippen molar-refractivity contribution in [2.24, 2.45) is 23.2 Å². The number of carbonyl (C=O) groups excluding carboxylic acids is 3. The van der Waals surface area contributed by atoms with Crippen molar-refractivity contribution in [1.82, 2.24) is 20.1 Å². The predicted molar refractivity (Wildman–Crippen MR) is 198 cm³/mol. The smallest absolute Gasteiger partial charge is 0.404 e. The lowest BCUT2D eigenvalue weighted by atomic mass is 9.43. The van der Waals surface area contributed by atoms with Crippen LogP contribution in [0.4, 0.5) is 10.5 Å². The van der Waals surface area contributed by atoms with E-state index in [0.717, 1.165) is 43.2 Å². The summed E-state index contributed by atoms with van der Waals surface area (Å²) in [5.41, 5.74) is 2.45. The maximum atomic E-state index is 14.0. The highest BCUT2D eigenvalue weighted by Gasteiger charge is 2.68. The summed E-state index contributed by atoms with van der Waals surface area (Å²) in [5, 5.41) is 8.21. The number of nitrogens with one attached hydrogen (secondary N) is 5. The van der Waals surface area contributed by atoms with Gasteiger partial charge in [-0.1, -0.05) is 70.9 Å². The fourth-order valence-corrected chi connectivity index (χ4v) is 8.65. The Morgan fingerprint density at radius 3 is 2.29 bits per heavy atom. The number of carbonyl (C=O) groups is 3. The van der Waals surface area contributed by atoms with Crippen molar-refractivity contribution >= 4 is 40.9 Å². The van der Waals surface area contributed by atoms with Crippen molar-refractivity contribution < 1.29 is 32.1 Å². The van der Waals surface area contributed by atoms with E-state index in [0.29, 0.717) is 29.5 Å². The third-order valence-corrected chi connectivity index (χ3v) is 12.0. The maximum absolute atomic E-state index is 14.0. The number of anilines is 1. The van der Waals surface area contributed by atoms with Crippen LogP contribution in [0.1, 0.15) is 95.1 Å². The van der Waals surface area contributed by atoms with Gasteiger partial charge in [0.25, 0.3) is 5.91 Å². The average molecular weight is 724 g/mol. The van der Waals surface area contributed by atoms with Crippen molar-refractivity contribution in [3.63, 3.8) is 0 Å². The molecule has 12 nitrogen and oxygen atoms in total. The molecule has 1 saturated heterocycles. The molecule has 0 spiro atoms. The fourth-order valence-electron chi connectivity index (χ4n) is 7.90. The van der Waals surface area contributed by atoms with Gasteiger partial charge in [0, 0.05) is 17.8 Å². The first kappa shape index (κ1) is 38.8. The molecule has 6 rings (SSSR count). The Morgan fingerprint density at radius 1 is 0.980 bits per heavy atom. The molecule has 1 heterocycles. The number of hydrogen-bond donors (Lipinski definition) is 5. The van der Waals surface area contributed by atoms with Crippen LogP contribution in [0.2, 0.25) is 0 Å². The van der Waals surface area contributed by atoms with Crippen LogP contribution in [-0.2, 0) is 30.7 Å². The molecule has 1 aliphatic heterocycles.